The Kier molecular flexibility index (Phi) is 15.1. The van der Waals surface area contributed by atoms with Crippen molar-refractivity contribution in [3.05, 3.63) is 0 Å². The fourth-order valence-electron chi connectivity index (χ4n) is 1.58. The summed E-state index contributed by atoms with van der Waals surface area (Å²) in [6.07, 6.45) is -4.64. The van der Waals surface area contributed by atoms with Crippen LogP contribution in [0.5, 0.6) is 0 Å². The predicted octanol–water partition coefficient (Wildman–Crippen LogP) is -2.45. The van der Waals surface area contributed by atoms with Crippen molar-refractivity contribution in [1.29, 1.82) is 0 Å². The van der Waals surface area contributed by atoms with E-state index in [1.807, 2.05) is 6.92 Å². The normalized spacial score (nSPS) is 16.1. The number of carbonyl (C=O) groups is 2. The Bertz CT molecular complexity index is 325. The first-order chi connectivity index (χ1) is 9.84. The first-order valence-corrected chi connectivity index (χ1v) is 6.92. The van der Waals surface area contributed by atoms with Gasteiger partial charge in [-0.1, -0.05) is 26.2 Å². The van der Waals surface area contributed by atoms with E-state index in [-0.39, 0.29) is 44.2 Å². The summed E-state index contributed by atoms with van der Waals surface area (Å²) in [5.41, 5.74) is 0. The molecule has 0 saturated carbocycles. The molecule has 0 radical (unpaired) electrons. The molecule has 128 valence electrons. The van der Waals surface area contributed by atoms with Gasteiger partial charge in [-0.3, -0.25) is 4.79 Å². The molecule has 0 aliphatic heterocycles. The summed E-state index contributed by atoms with van der Waals surface area (Å²) in [7, 11) is 0. The molecule has 0 aromatic carbocycles. The molecule has 0 aliphatic carbocycles. The molecule has 0 aromatic heterocycles. The zero-order valence-corrected chi connectivity index (χ0v) is 12.0. The molecule has 0 bridgehead atoms. The van der Waals surface area contributed by atoms with E-state index in [9.17, 15) is 24.9 Å². The van der Waals surface area contributed by atoms with Crippen molar-refractivity contribution in [2.24, 2.45) is 0 Å². The molecule has 4 atom stereocenters. The Morgan fingerprint density at radius 2 is 1.59 bits per heavy atom. The molecule has 9 heteroatoms. The van der Waals surface area contributed by atoms with E-state index in [4.69, 9.17) is 10.2 Å². The first-order valence-electron chi connectivity index (χ1n) is 6.92. The van der Waals surface area contributed by atoms with E-state index in [1.54, 1.807) is 0 Å². The van der Waals surface area contributed by atoms with Gasteiger partial charge in [0.2, 0.25) is 0 Å². The second-order valence-electron chi connectivity index (χ2n) is 4.78. The van der Waals surface area contributed by atoms with Crippen LogP contribution in [0.25, 0.3) is 0 Å². The topological polar surface area (TPSA) is 145 Å². The first kappa shape index (κ1) is 24.5. The van der Waals surface area contributed by atoms with E-state index >= 15 is 0 Å². The third-order valence-electron chi connectivity index (χ3n) is 2.95. The number of aliphatic hydroxyl groups is 5. The fraction of sp³-hybridized carbons (Fsp3) is 0.846. The average molecular weight is 350 g/mol. The van der Waals surface area contributed by atoms with Crippen molar-refractivity contribution >= 4 is 49.7 Å². The van der Waals surface area contributed by atoms with Gasteiger partial charge in [-0.2, -0.15) is 0 Å². The van der Waals surface area contributed by atoms with E-state index < -0.39 is 43.0 Å². The van der Waals surface area contributed by atoms with Crippen LogP contribution in [-0.4, -0.2) is 106 Å². The minimum absolute atomic E-state index is 0. The molecule has 0 aliphatic rings. The average Bonchev–Trinajstić information content (AvgIpc) is 2.48. The summed E-state index contributed by atoms with van der Waals surface area (Å²) in [5, 5.41) is 45.9. The summed E-state index contributed by atoms with van der Waals surface area (Å²) in [6.45, 7) is 1.14. The molecule has 0 amide bonds. The van der Waals surface area contributed by atoms with Gasteiger partial charge in [0.05, 0.1) is 6.61 Å². The second-order valence-corrected chi connectivity index (χ2v) is 4.78. The molecule has 0 rings (SSSR count). The van der Waals surface area contributed by atoms with Gasteiger partial charge in [0.25, 0.3) is 0 Å². The Morgan fingerprint density at radius 3 is 2.09 bits per heavy atom. The number of hydrogen-bond acceptors (Lipinski definition) is 8. The van der Waals surface area contributed by atoms with Crippen molar-refractivity contribution in [3.63, 3.8) is 0 Å². The van der Waals surface area contributed by atoms with Gasteiger partial charge in [0, 0.05) is 6.42 Å². The number of aliphatic hydroxyl groups excluding tert-OH is 5. The number of rotatable bonds is 10. The summed E-state index contributed by atoms with van der Waals surface area (Å²) >= 11 is 0. The summed E-state index contributed by atoms with van der Waals surface area (Å²) < 4.78 is 4.33. The van der Waals surface area contributed by atoms with Crippen LogP contribution in [0.1, 0.15) is 39.0 Å². The third kappa shape index (κ3) is 9.36. The minimum atomic E-state index is -2.19. The van der Waals surface area contributed by atoms with Crippen molar-refractivity contribution in [3.8, 4) is 0 Å². The molecule has 0 spiro atoms. The number of ether oxygens (including phenoxy) is 1. The van der Waals surface area contributed by atoms with Crippen molar-refractivity contribution < 1.29 is 39.9 Å². The fourth-order valence-corrected chi connectivity index (χ4v) is 1.58. The van der Waals surface area contributed by atoms with Gasteiger partial charge in [0.15, 0.2) is 6.10 Å². The van der Waals surface area contributed by atoms with Crippen molar-refractivity contribution in [2.45, 2.75) is 63.4 Å². The summed E-state index contributed by atoms with van der Waals surface area (Å²) in [6, 6.07) is 0. The number of esters is 2. The maximum absolute atomic E-state index is 11.4. The monoisotopic (exact) mass is 350 g/mol. The molecule has 8 nitrogen and oxygen atoms in total. The number of unbranched alkanes of at least 4 members (excludes halogenated alkanes) is 3. The third-order valence-corrected chi connectivity index (χ3v) is 2.95. The SMILES string of the molecule is CCCCCCC(=O)OC(=O)[C@H](O)[C@@H](O)[C@H](O)[C@H](O)CO.[CaH2]. The summed E-state index contributed by atoms with van der Waals surface area (Å²) in [5.74, 6) is -2.24. The van der Waals surface area contributed by atoms with E-state index in [0.717, 1.165) is 19.3 Å². The standard InChI is InChI=1S/C13H24O8.Ca.2H/c1-2-3-4-5-6-9(16)21-13(20)12(19)11(18)10(17)8(15)7-14;;;/h8,10-12,14-15,17-19H,2-7H2,1H3;;;/t8-,10-,11+,12-;;;/m1.../s1. The zero-order valence-electron chi connectivity index (χ0n) is 12.0. The van der Waals surface area contributed by atoms with Crippen LogP contribution in [0.4, 0.5) is 0 Å². The number of carbonyl (C=O) groups excluding carboxylic acids is 2. The Hall–Kier alpha value is 0.200. The van der Waals surface area contributed by atoms with Crippen LogP contribution in [0.3, 0.4) is 0 Å². The summed E-state index contributed by atoms with van der Waals surface area (Å²) in [4.78, 5) is 22.7. The van der Waals surface area contributed by atoms with Crippen LogP contribution in [-0.2, 0) is 14.3 Å². The maximum atomic E-state index is 11.4. The van der Waals surface area contributed by atoms with Crippen molar-refractivity contribution in [2.75, 3.05) is 6.61 Å². The molecule has 0 aromatic rings. The van der Waals surface area contributed by atoms with Gasteiger partial charge < -0.3 is 30.3 Å². The van der Waals surface area contributed by atoms with Gasteiger partial charge >= 0.3 is 49.7 Å². The molecule has 0 fully saturated rings. The van der Waals surface area contributed by atoms with Crippen LogP contribution in [0.2, 0.25) is 0 Å². The molecule has 0 unspecified atom stereocenters. The van der Waals surface area contributed by atoms with Gasteiger partial charge in [-0.15, -0.1) is 0 Å². The van der Waals surface area contributed by atoms with Crippen molar-refractivity contribution in [1.82, 2.24) is 0 Å². The predicted molar refractivity (Wildman–Crippen MR) is 79.5 cm³/mol. The Balaban J connectivity index is 0. The van der Waals surface area contributed by atoms with E-state index in [1.165, 1.54) is 0 Å². The van der Waals surface area contributed by atoms with E-state index in [0.29, 0.717) is 6.42 Å². The molecule has 0 saturated heterocycles. The van der Waals surface area contributed by atoms with Crippen LogP contribution in [0.15, 0.2) is 0 Å². The van der Waals surface area contributed by atoms with Crippen LogP contribution in [0, 0.1) is 0 Å². The van der Waals surface area contributed by atoms with Crippen LogP contribution >= 0.6 is 0 Å². The van der Waals surface area contributed by atoms with Gasteiger partial charge in [-0.25, -0.2) is 4.79 Å². The molecule has 22 heavy (non-hydrogen) atoms. The zero-order chi connectivity index (χ0) is 16.4. The number of hydrogen-bond donors (Lipinski definition) is 5. The Morgan fingerprint density at radius 1 is 1.00 bits per heavy atom. The quantitative estimate of drug-likeness (QED) is 0.126. The molecular formula is C13H26CaO8. The Labute approximate surface area is 159 Å². The van der Waals surface area contributed by atoms with Crippen LogP contribution < -0.4 is 0 Å². The second kappa shape index (κ2) is 13.6. The van der Waals surface area contributed by atoms with Gasteiger partial charge in [-0.05, 0) is 6.42 Å². The van der Waals surface area contributed by atoms with E-state index in [2.05, 4.69) is 4.74 Å². The molecule has 0 heterocycles. The molecular weight excluding hydrogens is 324 g/mol. The van der Waals surface area contributed by atoms with Gasteiger partial charge in [0.1, 0.15) is 18.3 Å². The molecule has 5 N–H and O–H groups in total.